The van der Waals surface area contributed by atoms with Gasteiger partial charge in [0.25, 0.3) is 0 Å². The Balaban J connectivity index is 1.61. The van der Waals surface area contributed by atoms with Gasteiger partial charge in [0, 0.05) is 0 Å². The molecule has 0 spiro atoms. The number of aromatic nitrogens is 1. The fourth-order valence-electron chi connectivity index (χ4n) is 5.91. The smallest absolute Gasteiger partial charge is 0.122 e. The zero-order valence-electron chi connectivity index (χ0n) is 13.3. The maximum atomic E-state index is 11.8. The molecule has 0 saturated heterocycles. The average Bonchev–Trinajstić information content (AvgIpc) is 2.96. The van der Waals surface area contributed by atoms with Crippen LogP contribution in [0.4, 0.5) is 0 Å². The van der Waals surface area contributed by atoms with Crippen LogP contribution in [-0.4, -0.2) is 15.7 Å². The minimum atomic E-state index is -0.810. The number of para-hydroxylation sites is 1. The highest BCUT2D eigenvalue weighted by Gasteiger charge is 2.64. The Bertz CT molecular complexity index is 707. The number of hydrogen-bond acceptors (Lipinski definition) is 3. The van der Waals surface area contributed by atoms with Crippen LogP contribution >= 0.6 is 22.9 Å². The summed E-state index contributed by atoms with van der Waals surface area (Å²) in [6, 6.07) is 8.16. The van der Waals surface area contributed by atoms with Crippen LogP contribution in [0.15, 0.2) is 24.3 Å². The maximum absolute atomic E-state index is 11.8. The molecule has 23 heavy (non-hydrogen) atoms. The number of hydrogen-bond donors (Lipinski definition) is 1. The third-order valence-electron chi connectivity index (χ3n) is 6.83. The molecule has 0 radical (unpaired) electrons. The molecule has 1 aromatic heterocycles. The minimum Gasteiger partial charge on any atom is -0.387 e. The Kier molecular flexibility index (Phi) is 3.01. The van der Waals surface area contributed by atoms with Gasteiger partial charge in [0.15, 0.2) is 0 Å². The van der Waals surface area contributed by atoms with Gasteiger partial charge in [-0.05, 0) is 74.8 Å². The number of fused-ring (bicyclic) bond motifs is 1. The molecule has 0 aliphatic heterocycles. The summed E-state index contributed by atoms with van der Waals surface area (Å²) in [6.07, 6.45) is 5.98. The fraction of sp³-hybridized carbons (Fsp3) is 0.632. The summed E-state index contributed by atoms with van der Waals surface area (Å²) in [4.78, 5) is 4.00. The molecule has 1 N–H and O–H groups in total. The molecule has 1 aromatic carbocycles. The second-order valence-electron chi connectivity index (χ2n) is 8.12. The van der Waals surface area contributed by atoms with E-state index < -0.39 is 10.5 Å². The molecule has 122 valence electrons. The number of thiazole rings is 1. The molecule has 0 amide bonds. The standard InChI is InChI=1S/C19H22ClNOS/c1-18(20,17-21-15-4-2-3-5-16(15)23-17)19(22)13-7-11-6-12(9-13)10-14(19)8-11/h2-5,11-14,22H,6-10H2,1H3. The van der Waals surface area contributed by atoms with Crippen molar-refractivity contribution in [2.45, 2.75) is 49.5 Å². The highest BCUT2D eigenvalue weighted by atomic mass is 35.5. The second kappa shape index (κ2) is 4.71. The Hall–Kier alpha value is -0.640. The topological polar surface area (TPSA) is 33.1 Å². The van der Waals surface area contributed by atoms with Gasteiger partial charge in [0.1, 0.15) is 9.88 Å². The molecular formula is C19H22ClNOS. The van der Waals surface area contributed by atoms with Crippen LogP contribution in [0.2, 0.25) is 0 Å². The first kappa shape index (κ1) is 14.7. The number of rotatable bonds is 2. The van der Waals surface area contributed by atoms with Crippen LogP contribution in [0.5, 0.6) is 0 Å². The van der Waals surface area contributed by atoms with Crippen molar-refractivity contribution in [1.82, 2.24) is 4.98 Å². The molecule has 4 aliphatic carbocycles. The van der Waals surface area contributed by atoms with Crippen molar-refractivity contribution < 1.29 is 5.11 Å². The van der Waals surface area contributed by atoms with E-state index in [1.165, 1.54) is 6.42 Å². The summed E-state index contributed by atoms with van der Waals surface area (Å²) in [6.45, 7) is 2.01. The van der Waals surface area contributed by atoms with E-state index in [1.54, 1.807) is 11.3 Å². The van der Waals surface area contributed by atoms with Gasteiger partial charge in [-0.1, -0.05) is 12.1 Å². The normalized spacial score (nSPS) is 41.3. The van der Waals surface area contributed by atoms with Gasteiger partial charge < -0.3 is 5.11 Å². The summed E-state index contributed by atoms with van der Waals surface area (Å²) >= 11 is 8.76. The largest absolute Gasteiger partial charge is 0.387 e. The summed E-state index contributed by atoms with van der Waals surface area (Å²) in [5, 5.41) is 12.7. The summed E-state index contributed by atoms with van der Waals surface area (Å²) in [5.74, 6) is 2.32. The zero-order chi connectivity index (χ0) is 15.8. The first-order valence-electron chi connectivity index (χ1n) is 8.76. The molecule has 2 aromatic rings. The monoisotopic (exact) mass is 347 g/mol. The van der Waals surface area contributed by atoms with Crippen LogP contribution in [0, 0.1) is 23.7 Å². The van der Waals surface area contributed by atoms with Gasteiger partial charge in [-0.2, -0.15) is 0 Å². The number of benzene rings is 1. The van der Waals surface area contributed by atoms with E-state index in [1.807, 2.05) is 25.1 Å². The van der Waals surface area contributed by atoms with Crippen LogP contribution < -0.4 is 0 Å². The molecule has 6 rings (SSSR count). The summed E-state index contributed by atoms with van der Waals surface area (Å²) < 4.78 is 1.15. The molecule has 1 unspecified atom stereocenters. The minimum absolute atomic E-state index is 0.341. The lowest BCUT2D eigenvalue weighted by Gasteiger charge is -2.62. The van der Waals surface area contributed by atoms with Crippen molar-refractivity contribution in [3.63, 3.8) is 0 Å². The molecule has 4 heteroatoms. The van der Waals surface area contributed by atoms with Gasteiger partial charge in [-0.3, -0.25) is 0 Å². The maximum Gasteiger partial charge on any atom is 0.122 e. The Labute approximate surface area is 145 Å². The highest BCUT2D eigenvalue weighted by Crippen LogP contribution is 2.64. The van der Waals surface area contributed by atoms with Crippen molar-refractivity contribution in [3.05, 3.63) is 29.3 Å². The van der Waals surface area contributed by atoms with Crippen molar-refractivity contribution in [1.29, 1.82) is 0 Å². The van der Waals surface area contributed by atoms with Crippen molar-refractivity contribution in [3.8, 4) is 0 Å². The van der Waals surface area contributed by atoms with E-state index >= 15 is 0 Å². The van der Waals surface area contributed by atoms with Crippen LogP contribution in [-0.2, 0) is 4.87 Å². The summed E-state index contributed by atoms with van der Waals surface area (Å²) in [5.41, 5.74) is 0.183. The average molecular weight is 348 g/mol. The van der Waals surface area contributed by atoms with Gasteiger partial charge in [0.05, 0.1) is 15.8 Å². The Morgan fingerprint density at radius 2 is 1.74 bits per heavy atom. The molecule has 2 nitrogen and oxygen atoms in total. The number of nitrogens with zero attached hydrogens (tertiary/aromatic N) is 1. The van der Waals surface area contributed by atoms with Gasteiger partial charge >= 0.3 is 0 Å². The van der Waals surface area contributed by atoms with E-state index in [0.717, 1.165) is 52.7 Å². The molecule has 4 aliphatic rings. The van der Waals surface area contributed by atoms with E-state index in [9.17, 15) is 5.11 Å². The Morgan fingerprint density at radius 3 is 2.35 bits per heavy atom. The number of halogens is 1. The van der Waals surface area contributed by atoms with Crippen molar-refractivity contribution in [2.75, 3.05) is 0 Å². The first-order chi connectivity index (χ1) is 11.0. The number of aliphatic hydroxyl groups is 1. The molecule has 1 heterocycles. The number of alkyl halides is 1. The lowest BCUT2D eigenvalue weighted by Crippen LogP contribution is -2.65. The van der Waals surface area contributed by atoms with Gasteiger partial charge in [-0.15, -0.1) is 22.9 Å². The molecular weight excluding hydrogens is 326 g/mol. The first-order valence-corrected chi connectivity index (χ1v) is 9.95. The quantitative estimate of drug-likeness (QED) is 0.781. The lowest BCUT2D eigenvalue weighted by molar-refractivity contribution is -0.192. The SMILES string of the molecule is CC(Cl)(c1nc2ccccc2s1)C1(O)C2CC3CC(C2)CC1C3. The fourth-order valence-corrected chi connectivity index (χ4v) is 7.45. The zero-order valence-corrected chi connectivity index (χ0v) is 14.9. The third-order valence-corrected chi connectivity index (χ3v) is 8.68. The predicted octanol–water partition coefficient (Wildman–Crippen LogP) is 4.94. The van der Waals surface area contributed by atoms with Crippen LogP contribution in [0.3, 0.4) is 0 Å². The van der Waals surface area contributed by atoms with E-state index in [4.69, 9.17) is 16.6 Å². The van der Waals surface area contributed by atoms with Crippen molar-refractivity contribution in [2.24, 2.45) is 23.7 Å². The molecule has 4 fully saturated rings. The third kappa shape index (κ3) is 1.87. The van der Waals surface area contributed by atoms with Crippen LogP contribution in [0.1, 0.15) is 44.0 Å². The molecule has 1 atom stereocenters. The van der Waals surface area contributed by atoms with Gasteiger partial charge in [0.2, 0.25) is 0 Å². The molecule has 4 saturated carbocycles. The van der Waals surface area contributed by atoms with E-state index in [2.05, 4.69) is 6.07 Å². The van der Waals surface area contributed by atoms with Gasteiger partial charge in [-0.25, -0.2) is 4.98 Å². The predicted molar refractivity (Wildman–Crippen MR) is 94.8 cm³/mol. The molecule has 4 bridgehead atoms. The van der Waals surface area contributed by atoms with E-state index in [0.29, 0.717) is 11.8 Å². The van der Waals surface area contributed by atoms with Crippen molar-refractivity contribution >= 4 is 33.2 Å². The van der Waals surface area contributed by atoms with Crippen LogP contribution in [0.25, 0.3) is 10.2 Å². The Morgan fingerprint density at radius 1 is 1.13 bits per heavy atom. The highest BCUT2D eigenvalue weighted by molar-refractivity contribution is 7.19. The second-order valence-corrected chi connectivity index (χ2v) is 9.91. The summed E-state index contributed by atoms with van der Waals surface area (Å²) in [7, 11) is 0. The van der Waals surface area contributed by atoms with E-state index in [-0.39, 0.29) is 0 Å². The lowest BCUT2D eigenvalue weighted by atomic mass is 9.47.